The van der Waals surface area contributed by atoms with Gasteiger partial charge in [0.15, 0.2) is 11.6 Å². The number of benzene rings is 1. The minimum atomic E-state index is -4.81. The number of carbonyl (C=O) groups is 1. The molecule has 2 aromatic rings. The van der Waals surface area contributed by atoms with Crippen molar-refractivity contribution >= 4 is 5.78 Å². The van der Waals surface area contributed by atoms with E-state index in [1.54, 1.807) is 24.3 Å². The summed E-state index contributed by atoms with van der Waals surface area (Å²) in [4.78, 5) is 17.4. The van der Waals surface area contributed by atoms with Gasteiger partial charge in [-0.05, 0) is 29.8 Å². The molecule has 2 fully saturated rings. The average molecular weight is 379 g/mol. The summed E-state index contributed by atoms with van der Waals surface area (Å²) < 4.78 is 53.1. The number of ketones is 1. The fourth-order valence-electron chi connectivity index (χ4n) is 3.80. The van der Waals surface area contributed by atoms with Gasteiger partial charge in [-0.25, -0.2) is 0 Å². The first-order valence-electron chi connectivity index (χ1n) is 8.42. The number of hydrogen-bond acceptors (Lipinski definition) is 5. The minimum absolute atomic E-state index is 0.213. The highest BCUT2D eigenvalue weighted by molar-refractivity contribution is 6.03. The molecule has 4 rings (SSSR count). The summed E-state index contributed by atoms with van der Waals surface area (Å²) in [5.41, 5.74) is -0.416. The Hall–Kier alpha value is -2.45. The maximum absolute atomic E-state index is 13.2. The lowest BCUT2D eigenvalue weighted by Gasteiger charge is -2.51. The van der Waals surface area contributed by atoms with E-state index in [4.69, 9.17) is 9.47 Å². The Bertz CT molecular complexity index is 840. The van der Waals surface area contributed by atoms with Crippen LogP contribution >= 0.6 is 0 Å². The molecule has 5 nitrogen and oxygen atoms in total. The molecule has 0 radical (unpaired) electrons. The average Bonchev–Trinajstić information content (AvgIpc) is 3.08. The molecule has 1 aliphatic heterocycles. The van der Waals surface area contributed by atoms with E-state index >= 15 is 0 Å². The molecule has 0 atom stereocenters. The molecule has 1 saturated carbocycles. The van der Waals surface area contributed by atoms with Gasteiger partial charge < -0.3 is 14.2 Å². The number of rotatable bonds is 4. The molecule has 0 bridgehead atoms. The number of aromatic nitrogens is 1. The summed E-state index contributed by atoms with van der Waals surface area (Å²) in [6.07, 6.45) is -2.88. The lowest BCUT2D eigenvalue weighted by molar-refractivity contribution is -0.274. The quantitative estimate of drug-likeness (QED) is 0.760. The standard InChI is InChI=1S/C19H16F3NO4/c20-19(21,22)27-14-5-3-4-13(10-14)17(11-18(12-17)25-8-9-26-18)16(24)15-6-1-2-7-23-15/h1-7,10H,8-9,11-12H2. The van der Waals surface area contributed by atoms with E-state index in [-0.39, 0.29) is 30.1 Å². The van der Waals surface area contributed by atoms with Crippen molar-refractivity contribution in [2.24, 2.45) is 0 Å². The predicted octanol–water partition coefficient (Wildman–Crippen LogP) is 3.64. The summed E-state index contributed by atoms with van der Waals surface area (Å²) in [6, 6.07) is 10.5. The van der Waals surface area contributed by atoms with Crippen molar-refractivity contribution in [2.75, 3.05) is 13.2 Å². The van der Waals surface area contributed by atoms with Crippen LogP contribution in [0.3, 0.4) is 0 Å². The molecule has 1 aliphatic carbocycles. The smallest absolute Gasteiger partial charge is 0.406 e. The number of pyridine rings is 1. The summed E-state index contributed by atoms with van der Waals surface area (Å²) in [5.74, 6) is -1.52. The number of alkyl halides is 3. The van der Waals surface area contributed by atoms with Crippen LogP contribution in [0, 0.1) is 0 Å². The van der Waals surface area contributed by atoms with Crippen LogP contribution in [0.2, 0.25) is 0 Å². The first-order valence-corrected chi connectivity index (χ1v) is 8.42. The van der Waals surface area contributed by atoms with Crippen LogP contribution in [0.4, 0.5) is 13.2 Å². The molecule has 1 spiro atoms. The summed E-state index contributed by atoms with van der Waals surface area (Å²) in [6.45, 7) is 0.843. The van der Waals surface area contributed by atoms with Gasteiger partial charge in [-0.2, -0.15) is 0 Å². The Labute approximate surface area is 153 Å². The van der Waals surface area contributed by atoms with E-state index in [0.717, 1.165) is 0 Å². The zero-order valence-corrected chi connectivity index (χ0v) is 14.2. The Morgan fingerprint density at radius 1 is 1.07 bits per heavy atom. The largest absolute Gasteiger partial charge is 0.573 e. The second-order valence-corrected chi connectivity index (χ2v) is 6.66. The van der Waals surface area contributed by atoms with Gasteiger partial charge in [-0.3, -0.25) is 9.78 Å². The molecule has 2 aliphatic rings. The number of nitrogens with zero attached hydrogens (tertiary/aromatic N) is 1. The number of hydrogen-bond donors (Lipinski definition) is 0. The van der Waals surface area contributed by atoms with E-state index in [1.807, 2.05) is 0 Å². The van der Waals surface area contributed by atoms with Crippen molar-refractivity contribution in [1.82, 2.24) is 4.98 Å². The molecular weight excluding hydrogens is 363 g/mol. The summed E-state index contributed by atoms with van der Waals surface area (Å²) >= 11 is 0. The molecule has 1 aromatic heterocycles. The van der Waals surface area contributed by atoms with Gasteiger partial charge >= 0.3 is 6.36 Å². The molecule has 27 heavy (non-hydrogen) atoms. The van der Waals surface area contributed by atoms with Crippen LogP contribution in [0.25, 0.3) is 0 Å². The molecular formula is C19H16F3NO4. The van der Waals surface area contributed by atoms with Crippen LogP contribution in [0.5, 0.6) is 5.75 Å². The number of ether oxygens (including phenoxy) is 3. The Morgan fingerprint density at radius 3 is 2.44 bits per heavy atom. The molecule has 0 unspecified atom stereocenters. The minimum Gasteiger partial charge on any atom is -0.406 e. The fraction of sp³-hybridized carbons (Fsp3) is 0.368. The maximum Gasteiger partial charge on any atom is 0.573 e. The Balaban J connectivity index is 1.71. The van der Waals surface area contributed by atoms with E-state index < -0.39 is 17.6 Å². The molecule has 0 N–H and O–H groups in total. The van der Waals surface area contributed by atoms with Gasteiger partial charge in [-0.15, -0.1) is 13.2 Å². The lowest BCUT2D eigenvalue weighted by atomic mass is 9.57. The monoisotopic (exact) mass is 379 g/mol. The first kappa shape index (κ1) is 17.9. The van der Waals surface area contributed by atoms with Crippen LogP contribution in [0.15, 0.2) is 48.7 Å². The van der Waals surface area contributed by atoms with Gasteiger partial charge in [0.1, 0.15) is 11.4 Å². The van der Waals surface area contributed by atoms with Gasteiger partial charge in [0.05, 0.1) is 18.6 Å². The predicted molar refractivity (Wildman–Crippen MR) is 87.2 cm³/mol. The first-order chi connectivity index (χ1) is 12.8. The van der Waals surface area contributed by atoms with Gasteiger partial charge in [-0.1, -0.05) is 18.2 Å². The van der Waals surface area contributed by atoms with E-state index in [0.29, 0.717) is 18.8 Å². The second kappa shape index (κ2) is 6.31. The van der Waals surface area contributed by atoms with Crippen molar-refractivity contribution in [3.8, 4) is 5.75 Å². The van der Waals surface area contributed by atoms with Crippen molar-refractivity contribution < 1.29 is 32.2 Å². The highest BCUT2D eigenvalue weighted by atomic mass is 19.4. The third kappa shape index (κ3) is 3.30. The third-order valence-electron chi connectivity index (χ3n) is 4.91. The molecule has 1 aromatic carbocycles. The van der Waals surface area contributed by atoms with Crippen molar-refractivity contribution in [3.63, 3.8) is 0 Å². The third-order valence-corrected chi connectivity index (χ3v) is 4.91. The van der Waals surface area contributed by atoms with Crippen LogP contribution < -0.4 is 4.74 Å². The van der Waals surface area contributed by atoms with E-state index in [1.165, 1.54) is 24.4 Å². The Morgan fingerprint density at radius 2 is 1.81 bits per heavy atom. The van der Waals surface area contributed by atoms with Gasteiger partial charge in [0.25, 0.3) is 0 Å². The zero-order chi connectivity index (χ0) is 19.1. The number of carbonyl (C=O) groups excluding carboxylic acids is 1. The van der Waals surface area contributed by atoms with Crippen LogP contribution in [-0.4, -0.2) is 36.1 Å². The van der Waals surface area contributed by atoms with Crippen LogP contribution in [0.1, 0.15) is 28.9 Å². The second-order valence-electron chi connectivity index (χ2n) is 6.66. The molecule has 2 heterocycles. The highest BCUT2D eigenvalue weighted by Gasteiger charge is 2.63. The van der Waals surface area contributed by atoms with Gasteiger partial charge in [0.2, 0.25) is 0 Å². The number of Topliss-reactive ketones (excluding diaryl/α,β-unsaturated/α-hetero) is 1. The van der Waals surface area contributed by atoms with Crippen molar-refractivity contribution in [3.05, 3.63) is 59.9 Å². The van der Waals surface area contributed by atoms with Gasteiger partial charge in [0, 0.05) is 19.0 Å². The lowest BCUT2D eigenvalue weighted by Crippen LogP contribution is -2.59. The topological polar surface area (TPSA) is 57.7 Å². The molecule has 142 valence electrons. The summed E-state index contributed by atoms with van der Waals surface area (Å²) in [7, 11) is 0. The molecule has 0 amide bonds. The highest BCUT2D eigenvalue weighted by Crippen LogP contribution is 2.56. The molecule has 1 saturated heterocycles. The zero-order valence-electron chi connectivity index (χ0n) is 14.2. The normalized spacial score (nSPS) is 20.3. The van der Waals surface area contributed by atoms with E-state index in [2.05, 4.69) is 9.72 Å². The van der Waals surface area contributed by atoms with E-state index in [9.17, 15) is 18.0 Å². The molecule has 8 heteroatoms. The number of halogens is 3. The SMILES string of the molecule is O=C(c1ccccn1)C1(c2cccc(OC(F)(F)F)c2)CC2(C1)OCCO2. The van der Waals surface area contributed by atoms with Crippen molar-refractivity contribution in [1.29, 1.82) is 0 Å². The van der Waals surface area contributed by atoms with Crippen LogP contribution in [-0.2, 0) is 14.9 Å². The van der Waals surface area contributed by atoms with Crippen molar-refractivity contribution in [2.45, 2.75) is 30.4 Å². The fourth-order valence-corrected chi connectivity index (χ4v) is 3.80. The Kier molecular flexibility index (Phi) is 4.20. The maximum atomic E-state index is 13.2. The summed E-state index contributed by atoms with van der Waals surface area (Å²) in [5, 5.41) is 0.